The van der Waals surface area contributed by atoms with Crippen molar-refractivity contribution in [2.75, 3.05) is 19.8 Å². The van der Waals surface area contributed by atoms with Gasteiger partial charge >= 0.3 is 0 Å². The number of carbonyl (C=O) groups excluding carboxylic acids is 1. The number of ether oxygens (including phenoxy) is 1. The lowest BCUT2D eigenvalue weighted by atomic mass is 10.00. The smallest absolute Gasteiger partial charge is 0.261 e. The summed E-state index contributed by atoms with van der Waals surface area (Å²) in [6.07, 6.45) is 2.92. The number of nitrogens with one attached hydrogen (secondary N) is 1. The summed E-state index contributed by atoms with van der Waals surface area (Å²) in [7, 11) is 3.74. The Labute approximate surface area is 231 Å². The second-order valence-electron chi connectivity index (χ2n) is 10.1. The van der Waals surface area contributed by atoms with Crippen LogP contribution in [0, 0.1) is 17.1 Å². The molecular weight excluding hydrogens is 511 g/mol. The van der Waals surface area contributed by atoms with Gasteiger partial charge in [0, 0.05) is 23.2 Å². The van der Waals surface area contributed by atoms with Crippen LogP contribution in [0.2, 0.25) is 0 Å². The van der Waals surface area contributed by atoms with Gasteiger partial charge < -0.3 is 20.7 Å². The van der Waals surface area contributed by atoms with E-state index in [9.17, 15) is 10.1 Å². The summed E-state index contributed by atoms with van der Waals surface area (Å²) in [5.74, 6) is -0.00599. The molecule has 0 radical (unpaired) electrons. The average molecular weight is 543 g/mol. The van der Waals surface area contributed by atoms with Gasteiger partial charge in [0.25, 0.3) is 5.91 Å². The van der Waals surface area contributed by atoms with Crippen molar-refractivity contribution in [2.45, 2.75) is 38.9 Å². The number of amides is 1. The predicted molar refractivity (Wildman–Crippen MR) is 151 cm³/mol. The van der Waals surface area contributed by atoms with Gasteiger partial charge in [-0.1, -0.05) is 18.2 Å². The molecule has 0 unspecified atom stereocenters. The van der Waals surface area contributed by atoms with Crippen LogP contribution >= 0.6 is 0 Å². The molecule has 0 aliphatic heterocycles. The highest BCUT2D eigenvalue weighted by molar-refractivity contribution is 5.99. The van der Waals surface area contributed by atoms with Crippen molar-refractivity contribution >= 4 is 22.8 Å². The molecule has 3 N–H and O–H groups in total. The van der Waals surface area contributed by atoms with Crippen LogP contribution in [0.15, 0.2) is 66.5 Å². The third-order valence-electron chi connectivity index (χ3n) is 6.57. The van der Waals surface area contributed by atoms with E-state index in [4.69, 9.17) is 10.5 Å². The summed E-state index contributed by atoms with van der Waals surface area (Å²) in [4.78, 5) is 23.2. The number of nitrogens with two attached hydrogens (primary N) is 1. The average Bonchev–Trinajstić information content (AvgIpc) is 3.26. The number of nitriles is 1. The van der Waals surface area contributed by atoms with E-state index in [0.717, 1.165) is 0 Å². The first-order valence-corrected chi connectivity index (χ1v) is 12.6. The third kappa shape index (κ3) is 6.08. The van der Waals surface area contributed by atoms with E-state index < -0.39 is 23.3 Å². The monoisotopic (exact) mass is 542 g/mol. The minimum atomic E-state index is -0.558. The summed E-state index contributed by atoms with van der Waals surface area (Å²) >= 11 is 0. The van der Waals surface area contributed by atoms with Gasteiger partial charge in [0.2, 0.25) is 0 Å². The molecule has 4 aromatic rings. The van der Waals surface area contributed by atoms with Gasteiger partial charge in [-0.25, -0.2) is 19.0 Å². The zero-order valence-electron chi connectivity index (χ0n) is 23.0. The Morgan fingerprint density at radius 1 is 1.23 bits per heavy atom. The Kier molecular flexibility index (Phi) is 8.11. The number of likely N-dealkylation sites (N-methyl/N-ethyl adjacent to an activating group) is 1. The quantitative estimate of drug-likeness (QED) is 0.236. The van der Waals surface area contributed by atoms with Crippen LogP contribution in [0.25, 0.3) is 22.3 Å². The van der Waals surface area contributed by atoms with Crippen LogP contribution in [-0.2, 0) is 11.3 Å². The molecular formula is C29H31FN8O2. The Bertz CT molecular complexity index is 1610. The lowest BCUT2D eigenvalue weighted by molar-refractivity contribution is -0.117. The Morgan fingerprint density at radius 2 is 1.95 bits per heavy atom. The molecule has 40 heavy (non-hydrogen) atoms. The number of nitrogens with zero attached hydrogens (tertiary/aromatic N) is 6. The highest BCUT2D eigenvalue weighted by Crippen LogP contribution is 2.34. The molecule has 4 rings (SSSR count). The molecule has 0 aliphatic carbocycles. The zero-order valence-corrected chi connectivity index (χ0v) is 23.0. The lowest BCUT2D eigenvalue weighted by Gasteiger charge is -2.29. The number of fused-ring (bicyclic) bond motifs is 1. The molecule has 2 aromatic carbocycles. The SMILES string of the molecule is C[C@H](Cn1nc(-c2ccc(Oc3ccccc3)cc2F)c2c(N)ncnc21)NC(=O)C(C#N)=CC(C)(C)N(C)C. The van der Waals surface area contributed by atoms with Crippen molar-refractivity contribution < 1.29 is 13.9 Å². The molecule has 1 amide bonds. The van der Waals surface area contributed by atoms with Gasteiger partial charge in [0.15, 0.2) is 5.65 Å². The predicted octanol–water partition coefficient (Wildman–Crippen LogP) is 4.30. The molecule has 0 fully saturated rings. The molecule has 2 aromatic heterocycles. The maximum atomic E-state index is 15.4. The van der Waals surface area contributed by atoms with Gasteiger partial charge in [-0.2, -0.15) is 10.4 Å². The number of hydrogen-bond acceptors (Lipinski definition) is 8. The van der Waals surface area contributed by atoms with Crippen molar-refractivity contribution in [3.8, 4) is 28.8 Å². The molecule has 0 saturated heterocycles. The topological polar surface area (TPSA) is 135 Å². The molecule has 1 atom stereocenters. The first kappa shape index (κ1) is 28.2. The molecule has 11 heteroatoms. The summed E-state index contributed by atoms with van der Waals surface area (Å²) in [6.45, 7) is 5.77. The van der Waals surface area contributed by atoms with Gasteiger partial charge in [-0.05, 0) is 65.2 Å². The number of benzene rings is 2. The van der Waals surface area contributed by atoms with Gasteiger partial charge in [0.05, 0.1) is 11.9 Å². The second-order valence-corrected chi connectivity index (χ2v) is 10.1. The van der Waals surface area contributed by atoms with E-state index >= 15 is 4.39 Å². The van der Waals surface area contributed by atoms with E-state index in [0.29, 0.717) is 22.5 Å². The van der Waals surface area contributed by atoms with E-state index in [2.05, 4.69) is 20.4 Å². The molecule has 2 heterocycles. The van der Waals surface area contributed by atoms with E-state index in [1.54, 1.807) is 41.9 Å². The van der Waals surface area contributed by atoms with Gasteiger partial charge in [-0.3, -0.25) is 4.79 Å². The molecule has 10 nitrogen and oxygen atoms in total. The number of carbonyl (C=O) groups is 1. The fraction of sp³-hybridized carbons (Fsp3) is 0.276. The van der Waals surface area contributed by atoms with Crippen molar-refractivity contribution in [3.05, 3.63) is 72.3 Å². The van der Waals surface area contributed by atoms with Crippen LogP contribution in [0.1, 0.15) is 20.8 Å². The Hall–Kier alpha value is -4.82. The van der Waals surface area contributed by atoms with Gasteiger partial charge in [0.1, 0.15) is 46.8 Å². The second kappa shape index (κ2) is 11.5. The summed E-state index contributed by atoms with van der Waals surface area (Å²) < 4.78 is 22.6. The molecule has 0 saturated carbocycles. The number of hydrogen-bond donors (Lipinski definition) is 2. The third-order valence-corrected chi connectivity index (χ3v) is 6.57. The number of anilines is 1. The first-order valence-electron chi connectivity index (χ1n) is 12.6. The van der Waals surface area contributed by atoms with E-state index in [-0.39, 0.29) is 29.2 Å². The van der Waals surface area contributed by atoms with Crippen molar-refractivity contribution in [2.24, 2.45) is 0 Å². The van der Waals surface area contributed by atoms with Crippen molar-refractivity contribution in [1.29, 1.82) is 5.26 Å². The highest BCUT2D eigenvalue weighted by atomic mass is 19.1. The van der Waals surface area contributed by atoms with Crippen LogP contribution in [0.4, 0.5) is 10.2 Å². The van der Waals surface area contributed by atoms with E-state index in [1.165, 1.54) is 12.4 Å². The molecule has 0 bridgehead atoms. The fourth-order valence-corrected chi connectivity index (χ4v) is 3.96. The number of rotatable bonds is 9. The number of halogens is 1. The Balaban J connectivity index is 1.61. The molecule has 206 valence electrons. The first-order chi connectivity index (χ1) is 19.0. The standard InChI is InChI=1S/C29H31FN8O2/c1-18(35-28(39)19(15-31)14-29(2,3)37(4)5)16-38-27-24(26(32)33-17-34-27)25(36-38)22-12-11-21(13-23(22)30)40-20-9-7-6-8-10-20/h6-14,17-18H,16H2,1-5H3,(H,35,39)(H2,32,33,34)/t18-/m1/s1. The zero-order chi connectivity index (χ0) is 29.0. The van der Waals surface area contributed by atoms with Crippen molar-refractivity contribution in [1.82, 2.24) is 30.0 Å². The summed E-state index contributed by atoms with van der Waals surface area (Å²) in [5.41, 5.74) is 6.52. The van der Waals surface area contributed by atoms with Crippen LogP contribution in [0.3, 0.4) is 0 Å². The molecule has 0 aliphatic rings. The lowest BCUT2D eigenvalue weighted by Crippen LogP contribution is -2.40. The minimum Gasteiger partial charge on any atom is -0.457 e. The minimum absolute atomic E-state index is 0.00279. The fourth-order valence-electron chi connectivity index (χ4n) is 3.96. The maximum Gasteiger partial charge on any atom is 0.261 e. The largest absolute Gasteiger partial charge is 0.457 e. The summed E-state index contributed by atoms with van der Waals surface area (Å²) in [6, 6.07) is 15.1. The maximum absolute atomic E-state index is 15.4. The van der Waals surface area contributed by atoms with Crippen LogP contribution in [0.5, 0.6) is 11.5 Å². The normalized spacial score (nSPS) is 12.8. The number of aromatic nitrogens is 4. The molecule has 0 spiro atoms. The number of para-hydroxylation sites is 1. The number of nitrogen functional groups attached to an aromatic ring is 1. The van der Waals surface area contributed by atoms with Crippen LogP contribution < -0.4 is 15.8 Å². The van der Waals surface area contributed by atoms with Crippen molar-refractivity contribution in [3.63, 3.8) is 0 Å². The van der Waals surface area contributed by atoms with E-state index in [1.807, 2.05) is 57.1 Å². The highest BCUT2D eigenvalue weighted by Gasteiger charge is 2.24. The van der Waals surface area contributed by atoms with Crippen LogP contribution in [-0.4, -0.2) is 56.2 Å². The van der Waals surface area contributed by atoms with Gasteiger partial charge in [-0.15, -0.1) is 0 Å². The Morgan fingerprint density at radius 3 is 2.60 bits per heavy atom. The summed E-state index contributed by atoms with van der Waals surface area (Å²) in [5, 5.41) is 17.4.